The molecule has 1 saturated heterocycles. The minimum Gasteiger partial charge on any atom is -0.338 e. The standard InChI is InChI=1S/C20H17Cl3N2O3/c1-24-11-15(18(26)20(24)28)19(27)25(9-12-2-5-14(21)6-3-12)10-13-4-7-16(22)17(23)8-13/h2-8,15H,9-11H2,1H3. The number of hydrogen-bond donors (Lipinski definition) is 0. The van der Waals surface area contributed by atoms with Gasteiger partial charge in [-0.05, 0) is 35.4 Å². The fourth-order valence-electron chi connectivity index (χ4n) is 3.07. The van der Waals surface area contributed by atoms with Crippen molar-refractivity contribution in [2.24, 2.45) is 5.92 Å². The Hall–Kier alpha value is -2.08. The zero-order valence-electron chi connectivity index (χ0n) is 15.0. The normalized spacial score (nSPS) is 16.6. The molecule has 5 nitrogen and oxygen atoms in total. The lowest BCUT2D eigenvalue weighted by Gasteiger charge is -2.25. The van der Waals surface area contributed by atoms with Crippen LogP contribution in [-0.2, 0) is 27.5 Å². The molecule has 0 radical (unpaired) electrons. The third-order valence-electron chi connectivity index (χ3n) is 4.58. The third kappa shape index (κ3) is 4.49. The molecule has 0 aliphatic carbocycles. The van der Waals surface area contributed by atoms with Crippen molar-refractivity contribution in [3.8, 4) is 0 Å². The number of carbonyl (C=O) groups is 3. The highest BCUT2D eigenvalue weighted by molar-refractivity contribution is 6.42. The van der Waals surface area contributed by atoms with E-state index in [1.54, 1.807) is 30.3 Å². The van der Waals surface area contributed by atoms with Crippen LogP contribution in [0, 0.1) is 5.92 Å². The fraction of sp³-hybridized carbons (Fsp3) is 0.250. The van der Waals surface area contributed by atoms with E-state index in [-0.39, 0.29) is 19.6 Å². The molecule has 1 fully saturated rings. The van der Waals surface area contributed by atoms with E-state index in [4.69, 9.17) is 34.8 Å². The number of amides is 2. The molecule has 1 unspecified atom stereocenters. The van der Waals surface area contributed by atoms with Crippen molar-refractivity contribution in [3.63, 3.8) is 0 Å². The van der Waals surface area contributed by atoms with Crippen molar-refractivity contribution in [2.75, 3.05) is 13.6 Å². The van der Waals surface area contributed by atoms with Crippen LogP contribution in [-0.4, -0.2) is 41.0 Å². The summed E-state index contributed by atoms with van der Waals surface area (Å²) < 4.78 is 0. The first-order valence-electron chi connectivity index (χ1n) is 8.52. The van der Waals surface area contributed by atoms with Crippen LogP contribution in [0.3, 0.4) is 0 Å². The van der Waals surface area contributed by atoms with Gasteiger partial charge in [-0.25, -0.2) is 0 Å². The molecule has 3 rings (SSSR count). The number of halogens is 3. The maximum atomic E-state index is 13.1. The topological polar surface area (TPSA) is 57.7 Å². The van der Waals surface area contributed by atoms with Gasteiger partial charge in [0, 0.05) is 31.7 Å². The molecule has 2 aromatic rings. The van der Waals surface area contributed by atoms with Crippen molar-refractivity contribution < 1.29 is 14.4 Å². The number of rotatable bonds is 5. The highest BCUT2D eigenvalue weighted by Gasteiger charge is 2.43. The summed E-state index contributed by atoms with van der Waals surface area (Å²) in [7, 11) is 1.51. The second-order valence-corrected chi connectivity index (χ2v) is 7.92. The average molecular weight is 440 g/mol. The van der Waals surface area contributed by atoms with Gasteiger partial charge < -0.3 is 9.80 Å². The van der Waals surface area contributed by atoms with Gasteiger partial charge in [0.05, 0.1) is 10.0 Å². The number of hydrogen-bond acceptors (Lipinski definition) is 3. The molecule has 2 aromatic carbocycles. The number of ketones is 1. The minimum absolute atomic E-state index is 0.0784. The molecular formula is C20H17Cl3N2O3. The predicted octanol–water partition coefficient (Wildman–Crippen LogP) is 3.83. The number of Topliss-reactive ketones (excluding diaryl/α,β-unsaturated/α-hetero) is 1. The molecule has 0 aromatic heterocycles. The Bertz CT molecular complexity index is 931. The average Bonchev–Trinajstić information content (AvgIpc) is 2.92. The van der Waals surface area contributed by atoms with Crippen molar-refractivity contribution in [1.82, 2.24) is 9.80 Å². The molecule has 0 bridgehead atoms. The van der Waals surface area contributed by atoms with Crippen molar-refractivity contribution in [3.05, 3.63) is 68.7 Å². The highest BCUT2D eigenvalue weighted by Crippen LogP contribution is 2.25. The number of benzene rings is 2. The Balaban J connectivity index is 1.87. The van der Waals surface area contributed by atoms with Crippen molar-refractivity contribution >= 4 is 52.4 Å². The summed E-state index contributed by atoms with van der Waals surface area (Å²) >= 11 is 18.0. The maximum absolute atomic E-state index is 13.1. The van der Waals surface area contributed by atoms with Gasteiger partial charge >= 0.3 is 0 Å². The summed E-state index contributed by atoms with van der Waals surface area (Å²) in [6.45, 7) is 0.562. The van der Waals surface area contributed by atoms with E-state index in [2.05, 4.69) is 0 Å². The predicted molar refractivity (Wildman–Crippen MR) is 108 cm³/mol. The fourth-order valence-corrected chi connectivity index (χ4v) is 3.51. The van der Waals surface area contributed by atoms with Gasteiger partial charge in [-0.1, -0.05) is 53.0 Å². The highest BCUT2D eigenvalue weighted by atomic mass is 35.5. The Morgan fingerprint density at radius 3 is 2.18 bits per heavy atom. The van der Waals surface area contributed by atoms with E-state index < -0.39 is 23.5 Å². The van der Waals surface area contributed by atoms with E-state index in [1.807, 2.05) is 12.1 Å². The van der Waals surface area contributed by atoms with E-state index in [0.717, 1.165) is 11.1 Å². The van der Waals surface area contributed by atoms with Crippen LogP contribution < -0.4 is 0 Å². The van der Waals surface area contributed by atoms with Crippen LogP contribution in [0.5, 0.6) is 0 Å². The van der Waals surface area contributed by atoms with Crippen LogP contribution in [0.15, 0.2) is 42.5 Å². The van der Waals surface area contributed by atoms with Gasteiger partial charge in [0.25, 0.3) is 5.91 Å². The first-order chi connectivity index (χ1) is 13.3. The van der Waals surface area contributed by atoms with Crippen LogP contribution in [0.2, 0.25) is 15.1 Å². The molecule has 1 aliphatic heterocycles. The summed E-state index contributed by atoms with van der Waals surface area (Å²) in [5.74, 6) is -2.72. The van der Waals surface area contributed by atoms with Crippen LogP contribution in [0.4, 0.5) is 0 Å². The number of nitrogens with zero attached hydrogens (tertiary/aromatic N) is 2. The molecular weight excluding hydrogens is 423 g/mol. The minimum atomic E-state index is -1.01. The Morgan fingerprint density at radius 2 is 1.61 bits per heavy atom. The SMILES string of the molecule is CN1CC(C(=O)N(Cc2ccc(Cl)cc2)Cc2ccc(Cl)c(Cl)c2)C(=O)C1=O. The Morgan fingerprint density at radius 1 is 1.00 bits per heavy atom. The first kappa shape index (κ1) is 20.6. The Kier molecular flexibility index (Phi) is 6.28. The lowest BCUT2D eigenvalue weighted by Crippen LogP contribution is -2.39. The summed E-state index contributed by atoms with van der Waals surface area (Å²) in [5, 5.41) is 1.38. The Labute approximate surface area is 177 Å². The number of likely N-dealkylation sites (N-methyl/N-ethyl adjacent to an activating group) is 1. The van der Waals surface area contributed by atoms with Gasteiger partial charge in [0.1, 0.15) is 5.92 Å². The molecule has 0 N–H and O–H groups in total. The number of likely N-dealkylation sites (tertiary alicyclic amines) is 1. The second kappa shape index (κ2) is 8.52. The molecule has 2 amide bonds. The second-order valence-electron chi connectivity index (χ2n) is 6.67. The summed E-state index contributed by atoms with van der Waals surface area (Å²) in [6, 6.07) is 12.2. The molecule has 1 heterocycles. The van der Waals surface area contributed by atoms with E-state index in [0.29, 0.717) is 15.1 Å². The van der Waals surface area contributed by atoms with E-state index in [1.165, 1.54) is 16.8 Å². The lowest BCUT2D eigenvalue weighted by molar-refractivity contribution is -0.145. The van der Waals surface area contributed by atoms with Crippen LogP contribution in [0.1, 0.15) is 11.1 Å². The van der Waals surface area contributed by atoms with Crippen molar-refractivity contribution in [2.45, 2.75) is 13.1 Å². The van der Waals surface area contributed by atoms with Crippen molar-refractivity contribution in [1.29, 1.82) is 0 Å². The molecule has 0 saturated carbocycles. The largest absolute Gasteiger partial charge is 0.338 e. The van der Waals surface area contributed by atoms with E-state index >= 15 is 0 Å². The molecule has 1 atom stereocenters. The van der Waals surface area contributed by atoms with Crippen LogP contribution in [0.25, 0.3) is 0 Å². The molecule has 28 heavy (non-hydrogen) atoms. The van der Waals surface area contributed by atoms with Gasteiger partial charge in [-0.3, -0.25) is 14.4 Å². The summed E-state index contributed by atoms with van der Waals surface area (Å²) in [4.78, 5) is 40.0. The summed E-state index contributed by atoms with van der Waals surface area (Å²) in [6.07, 6.45) is 0. The summed E-state index contributed by atoms with van der Waals surface area (Å²) in [5.41, 5.74) is 1.62. The van der Waals surface area contributed by atoms with Gasteiger partial charge in [-0.2, -0.15) is 0 Å². The van der Waals surface area contributed by atoms with Gasteiger partial charge in [0.15, 0.2) is 0 Å². The molecule has 0 spiro atoms. The third-order valence-corrected chi connectivity index (χ3v) is 5.58. The smallest absolute Gasteiger partial charge is 0.290 e. The first-order valence-corrected chi connectivity index (χ1v) is 9.66. The van der Waals surface area contributed by atoms with Gasteiger partial charge in [-0.15, -0.1) is 0 Å². The zero-order valence-corrected chi connectivity index (χ0v) is 17.3. The zero-order chi connectivity index (χ0) is 20.4. The molecule has 146 valence electrons. The molecule has 8 heteroatoms. The monoisotopic (exact) mass is 438 g/mol. The quantitative estimate of drug-likeness (QED) is 0.525. The van der Waals surface area contributed by atoms with Gasteiger partial charge in [0.2, 0.25) is 11.7 Å². The lowest BCUT2D eigenvalue weighted by atomic mass is 10.0. The maximum Gasteiger partial charge on any atom is 0.290 e. The number of carbonyl (C=O) groups excluding carboxylic acids is 3. The van der Waals surface area contributed by atoms with Crippen LogP contribution >= 0.6 is 34.8 Å². The van der Waals surface area contributed by atoms with E-state index in [9.17, 15) is 14.4 Å². The molecule has 1 aliphatic rings.